The number of H-pyrrole nitrogens is 2. The van der Waals surface area contributed by atoms with E-state index in [0.29, 0.717) is 71.4 Å². The first-order chi connectivity index (χ1) is 26.8. The normalized spacial score (nSPS) is 11.4. The number of benzene rings is 2. The van der Waals surface area contributed by atoms with Gasteiger partial charge in [-0.15, -0.1) is 0 Å². The van der Waals surface area contributed by atoms with Crippen molar-refractivity contribution >= 4 is 45.3 Å². The van der Waals surface area contributed by atoms with E-state index >= 15 is 0 Å². The average molecular weight is 749 g/mol. The zero-order valence-electron chi connectivity index (χ0n) is 32.1. The molecule has 292 valence electrons. The third-order valence-electron chi connectivity index (χ3n) is 10.1. The fraction of sp³-hybridized carbons (Fsp3) is 0.419. The molecule has 0 fully saturated rings. The predicted octanol–water partition coefficient (Wildman–Crippen LogP) is 4.99. The molecular weight excluding hydrogens is 693 g/mol. The Morgan fingerprint density at radius 2 is 1.38 bits per heavy atom. The molecule has 5 aromatic rings. The molecule has 5 rings (SSSR count). The van der Waals surface area contributed by atoms with Crippen LogP contribution in [0.2, 0.25) is 0 Å². The molecule has 0 radical (unpaired) electrons. The first-order valence-electron chi connectivity index (χ1n) is 19.6. The number of aromatic amines is 2. The van der Waals surface area contributed by atoms with Crippen molar-refractivity contribution in [3.05, 3.63) is 102 Å². The number of nitrogens with zero attached hydrogens (tertiary/aromatic N) is 4. The molecule has 5 N–H and O–H groups in total. The van der Waals surface area contributed by atoms with E-state index in [1.807, 2.05) is 70.7 Å². The Bertz CT molecular complexity index is 1970. The zero-order chi connectivity index (χ0) is 38.8. The molecule has 3 aromatic heterocycles. The maximum atomic E-state index is 14.1. The number of ketones is 1. The molecular formula is C43H56N8O4. The van der Waals surface area contributed by atoms with E-state index in [2.05, 4.69) is 39.3 Å². The van der Waals surface area contributed by atoms with Crippen LogP contribution in [0.5, 0.6) is 0 Å². The minimum Gasteiger partial charge on any atom is -0.370 e. The van der Waals surface area contributed by atoms with Gasteiger partial charge in [-0.05, 0) is 73.5 Å². The van der Waals surface area contributed by atoms with E-state index in [9.17, 15) is 19.2 Å². The lowest BCUT2D eigenvalue weighted by Crippen LogP contribution is -2.47. The molecule has 0 atom stereocenters. The van der Waals surface area contributed by atoms with Crippen molar-refractivity contribution in [3.63, 3.8) is 0 Å². The lowest BCUT2D eigenvalue weighted by atomic mass is 10.1. The van der Waals surface area contributed by atoms with Crippen molar-refractivity contribution in [2.45, 2.75) is 64.8 Å². The van der Waals surface area contributed by atoms with Gasteiger partial charge in [0.25, 0.3) is 0 Å². The fourth-order valence-electron chi connectivity index (χ4n) is 6.89. The topological polar surface area (TPSA) is 161 Å². The Kier molecular flexibility index (Phi) is 16.0. The Labute approximate surface area is 323 Å². The van der Waals surface area contributed by atoms with Crippen LogP contribution in [0.15, 0.2) is 85.5 Å². The van der Waals surface area contributed by atoms with Gasteiger partial charge in [0.2, 0.25) is 17.7 Å². The molecule has 0 spiro atoms. The van der Waals surface area contributed by atoms with E-state index in [0.717, 1.165) is 51.3 Å². The van der Waals surface area contributed by atoms with Crippen LogP contribution in [0.25, 0.3) is 21.8 Å². The van der Waals surface area contributed by atoms with E-state index in [-0.39, 0.29) is 49.6 Å². The fourth-order valence-corrected chi connectivity index (χ4v) is 6.89. The highest BCUT2D eigenvalue weighted by Crippen LogP contribution is 2.20. The van der Waals surface area contributed by atoms with Crippen LogP contribution < -0.4 is 11.1 Å². The second kappa shape index (κ2) is 21.5. The Morgan fingerprint density at radius 1 is 0.709 bits per heavy atom. The summed E-state index contributed by atoms with van der Waals surface area (Å²) in [6.45, 7) is 5.19. The summed E-state index contributed by atoms with van der Waals surface area (Å²) >= 11 is 0. The third-order valence-corrected chi connectivity index (χ3v) is 10.1. The van der Waals surface area contributed by atoms with E-state index in [1.165, 1.54) is 0 Å². The number of carbonyl (C=O) groups excluding carboxylic acids is 4. The highest BCUT2D eigenvalue weighted by molar-refractivity contribution is 5.87. The molecule has 0 aliphatic heterocycles. The standard InChI is InChI=1S/C43H56N8O4/c1-2-3-12-36(52)31-51(23-19-35-29-48-40-16-7-5-14-38(35)40)43(55)32-49(21-9-8-17-41(44)53)24-25-50(42(54)30-46-27-33-11-10-20-45-26-33)22-18-34-28-47-39-15-6-4-13-37(34)39/h4-7,10-11,13-16,20,26,28-29,46-48H,2-3,8-9,12,17-19,21-25,27,30-32H2,1H3,(H2,44,53). The second-order valence-electron chi connectivity index (χ2n) is 14.2. The van der Waals surface area contributed by atoms with Gasteiger partial charge in [-0.2, -0.15) is 0 Å². The van der Waals surface area contributed by atoms with Gasteiger partial charge in [0.1, 0.15) is 0 Å². The number of pyridine rings is 1. The number of hydrogen-bond acceptors (Lipinski definition) is 7. The molecule has 12 nitrogen and oxygen atoms in total. The highest BCUT2D eigenvalue weighted by atomic mass is 16.2. The molecule has 0 saturated carbocycles. The smallest absolute Gasteiger partial charge is 0.237 e. The van der Waals surface area contributed by atoms with Gasteiger partial charge in [-0.25, -0.2) is 0 Å². The molecule has 0 aliphatic carbocycles. The van der Waals surface area contributed by atoms with E-state index in [4.69, 9.17) is 5.73 Å². The number of primary amides is 1. The highest BCUT2D eigenvalue weighted by Gasteiger charge is 2.22. The number of amides is 3. The SMILES string of the molecule is CCCCC(=O)CN(CCc1c[nH]c2ccccc12)C(=O)CN(CCCCC(N)=O)CCN(CCc1c[nH]c2ccccc12)C(=O)CNCc1cccnc1. The van der Waals surface area contributed by atoms with Crippen LogP contribution >= 0.6 is 0 Å². The number of Topliss-reactive ketones (excluding diaryl/α,β-unsaturated/α-hetero) is 1. The average Bonchev–Trinajstić information content (AvgIpc) is 3.81. The van der Waals surface area contributed by atoms with Gasteiger partial charge in [0.15, 0.2) is 5.78 Å². The molecule has 12 heteroatoms. The Balaban J connectivity index is 1.29. The summed E-state index contributed by atoms with van der Waals surface area (Å²) in [6.07, 6.45) is 12.4. The lowest BCUT2D eigenvalue weighted by Gasteiger charge is -2.30. The number of para-hydroxylation sites is 2. The van der Waals surface area contributed by atoms with Crippen LogP contribution in [0.3, 0.4) is 0 Å². The van der Waals surface area contributed by atoms with Crippen molar-refractivity contribution in [1.82, 2.24) is 35.0 Å². The summed E-state index contributed by atoms with van der Waals surface area (Å²) in [4.78, 5) is 68.9. The van der Waals surface area contributed by atoms with E-state index in [1.54, 1.807) is 17.3 Å². The molecule has 3 heterocycles. The van der Waals surface area contributed by atoms with Crippen molar-refractivity contribution in [2.75, 3.05) is 52.4 Å². The van der Waals surface area contributed by atoms with E-state index < -0.39 is 0 Å². The predicted molar refractivity (Wildman–Crippen MR) is 217 cm³/mol. The molecule has 55 heavy (non-hydrogen) atoms. The van der Waals surface area contributed by atoms with Crippen molar-refractivity contribution in [1.29, 1.82) is 0 Å². The van der Waals surface area contributed by atoms with Crippen molar-refractivity contribution in [2.24, 2.45) is 5.73 Å². The molecule has 2 aromatic carbocycles. The quantitative estimate of drug-likeness (QED) is 0.0612. The molecule has 3 amide bonds. The van der Waals surface area contributed by atoms with Crippen LogP contribution in [-0.2, 0) is 38.6 Å². The first kappa shape index (κ1) is 40.8. The van der Waals surface area contributed by atoms with Gasteiger partial charge < -0.3 is 30.8 Å². The van der Waals surface area contributed by atoms with Crippen LogP contribution in [-0.4, -0.2) is 106 Å². The number of unbranched alkanes of at least 4 members (excludes halogenated alkanes) is 2. The van der Waals surface area contributed by atoms with Gasteiger partial charge in [-0.1, -0.05) is 55.8 Å². The summed E-state index contributed by atoms with van der Waals surface area (Å²) in [5.41, 5.74) is 10.7. The molecule has 0 aliphatic rings. The molecule has 0 unspecified atom stereocenters. The van der Waals surface area contributed by atoms with Gasteiger partial charge in [0.05, 0.1) is 19.6 Å². The maximum absolute atomic E-state index is 14.1. The van der Waals surface area contributed by atoms with Crippen molar-refractivity contribution < 1.29 is 19.2 Å². The molecule has 0 saturated heterocycles. The van der Waals surface area contributed by atoms with Gasteiger partial charge >= 0.3 is 0 Å². The summed E-state index contributed by atoms with van der Waals surface area (Å²) in [6, 6.07) is 20.0. The number of nitrogens with one attached hydrogen (secondary N) is 3. The first-order valence-corrected chi connectivity index (χ1v) is 19.6. The number of aromatic nitrogens is 3. The summed E-state index contributed by atoms with van der Waals surface area (Å²) in [5, 5.41) is 5.51. The van der Waals surface area contributed by atoms with Crippen LogP contribution in [0, 0.1) is 0 Å². The zero-order valence-corrected chi connectivity index (χ0v) is 32.1. The minimum atomic E-state index is -0.357. The monoisotopic (exact) mass is 748 g/mol. The number of hydrogen-bond donors (Lipinski definition) is 4. The summed E-state index contributed by atoms with van der Waals surface area (Å²) in [5.74, 6) is -0.473. The van der Waals surface area contributed by atoms with Crippen LogP contribution in [0.1, 0.15) is 62.1 Å². The number of carbonyl (C=O) groups is 4. The minimum absolute atomic E-state index is 0.0365. The van der Waals surface area contributed by atoms with Crippen molar-refractivity contribution in [3.8, 4) is 0 Å². The Hall–Kier alpha value is -5.33. The number of rotatable bonds is 25. The number of fused-ring (bicyclic) bond motifs is 2. The summed E-state index contributed by atoms with van der Waals surface area (Å²) < 4.78 is 0. The van der Waals surface area contributed by atoms with Gasteiger partial charge in [0, 0.05) is 92.2 Å². The number of nitrogens with two attached hydrogens (primary N) is 1. The third kappa shape index (κ3) is 12.9. The lowest BCUT2D eigenvalue weighted by molar-refractivity contribution is -0.136. The molecule has 0 bridgehead atoms. The Morgan fingerprint density at radius 3 is 2.02 bits per heavy atom. The second-order valence-corrected chi connectivity index (χ2v) is 14.2. The summed E-state index contributed by atoms with van der Waals surface area (Å²) in [7, 11) is 0. The largest absolute Gasteiger partial charge is 0.370 e. The van der Waals surface area contributed by atoms with Gasteiger partial charge in [-0.3, -0.25) is 29.1 Å². The maximum Gasteiger partial charge on any atom is 0.237 e. The van der Waals surface area contributed by atoms with Crippen LogP contribution in [0.4, 0.5) is 0 Å².